The number of nitrogens with one attached hydrogen (secondary N) is 1. The molecule has 22 heavy (non-hydrogen) atoms. The first-order chi connectivity index (χ1) is 10.6. The van der Waals surface area contributed by atoms with Gasteiger partial charge in [-0.2, -0.15) is 0 Å². The minimum absolute atomic E-state index is 0.0514. The quantitative estimate of drug-likeness (QED) is 0.902. The highest BCUT2D eigenvalue weighted by Crippen LogP contribution is 2.26. The lowest BCUT2D eigenvalue weighted by atomic mass is 10.0. The predicted octanol–water partition coefficient (Wildman–Crippen LogP) is 3.75. The van der Waals surface area contributed by atoms with Crippen molar-refractivity contribution in [3.8, 4) is 5.75 Å². The third-order valence-corrected chi connectivity index (χ3v) is 4.48. The Kier molecular flexibility index (Phi) is 4.48. The standard InChI is InChI=1S/C18H18BrNO2/c1-12(20-18(21)15-4-2-3-5-16(15)19)10-13-6-7-17-14(11-13)8-9-22-17/h2-7,11-12H,8-10H2,1H3,(H,20,21). The number of carbonyl (C=O) groups excluding carboxylic acids is 1. The SMILES string of the molecule is CC(Cc1ccc2c(c1)CCO2)NC(=O)c1ccccc1Br. The van der Waals surface area contributed by atoms with Gasteiger partial charge in [-0.05, 0) is 58.6 Å². The van der Waals surface area contributed by atoms with E-state index in [-0.39, 0.29) is 11.9 Å². The summed E-state index contributed by atoms with van der Waals surface area (Å²) in [6, 6.07) is 13.8. The number of benzene rings is 2. The Morgan fingerprint density at radius 3 is 2.95 bits per heavy atom. The van der Waals surface area contributed by atoms with Crippen molar-refractivity contribution in [3.05, 3.63) is 63.6 Å². The maximum atomic E-state index is 12.3. The first-order valence-corrected chi connectivity index (χ1v) is 8.23. The van der Waals surface area contributed by atoms with E-state index in [4.69, 9.17) is 4.74 Å². The molecule has 1 N–H and O–H groups in total. The van der Waals surface area contributed by atoms with Crippen LogP contribution < -0.4 is 10.1 Å². The Balaban J connectivity index is 1.64. The highest BCUT2D eigenvalue weighted by Gasteiger charge is 2.15. The second-order valence-corrected chi connectivity index (χ2v) is 6.45. The third-order valence-electron chi connectivity index (χ3n) is 3.79. The topological polar surface area (TPSA) is 38.3 Å². The van der Waals surface area contributed by atoms with Crippen molar-refractivity contribution in [1.29, 1.82) is 0 Å². The van der Waals surface area contributed by atoms with Crippen LogP contribution in [0.15, 0.2) is 46.9 Å². The molecule has 1 aliphatic rings. The van der Waals surface area contributed by atoms with Gasteiger partial charge >= 0.3 is 0 Å². The Hall–Kier alpha value is -1.81. The van der Waals surface area contributed by atoms with Crippen molar-refractivity contribution < 1.29 is 9.53 Å². The van der Waals surface area contributed by atoms with Crippen molar-refractivity contribution in [2.24, 2.45) is 0 Å². The van der Waals surface area contributed by atoms with Crippen molar-refractivity contribution >= 4 is 21.8 Å². The van der Waals surface area contributed by atoms with Crippen molar-refractivity contribution in [1.82, 2.24) is 5.32 Å². The average molecular weight is 360 g/mol. The van der Waals surface area contributed by atoms with Gasteiger partial charge in [0.1, 0.15) is 5.75 Å². The fourth-order valence-electron chi connectivity index (χ4n) is 2.72. The lowest BCUT2D eigenvalue weighted by Gasteiger charge is -2.15. The van der Waals surface area contributed by atoms with Gasteiger partial charge in [-0.25, -0.2) is 0 Å². The van der Waals surface area contributed by atoms with E-state index >= 15 is 0 Å². The largest absolute Gasteiger partial charge is 0.493 e. The zero-order chi connectivity index (χ0) is 15.5. The van der Waals surface area contributed by atoms with Crippen LogP contribution in [0.4, 0.5) is 0 Å². The maximum absolute atomic E-state index is 12.3. The minimum Gasteiger partial charge on any atom is -0.493 e. The van der Waals surface area contributed by atoms with E-state index in [0.717, 1.165) is 29.7 Å². The summed E-state index contributed by atoms with van der Waals surface area (Å²) in [5.74, 6) is 0.943. The highest BCUT2D eigenvalue weighted by molar-refractivity contribution is 9.10. The minimum atomic E-state index is -0.0514. The van der Waals surface area contributed by atoms with Gasteiger partial charge < -0.3 is 10.1 Å². The summed E-state index contributed by atoms with van der Waals surface area (Å²) in [7, 11) is 0. The van der Waals surface area contributed by atoms with Crippen molar-refractivity contribution in [2.75, 3.05) is 6.61 Å². The summed E-state index contributed by atoms with van der Waals surface area (Å²) < 4.78 is 6.33. The van der Waals surface area contributed by atoms with E-state index in [9.17, 15) is 4.79 Å². The smallest absolute Gasteiger partial charge is 0.252 e. The molecule has 2 aromatic carbocycles. The van der Waals surface area contributed by atoms with Crippen LogP contribution in [0.2, 0.25) is 0 Å². The lowest BCUT2D eigenvalue weighted by Crippen LogP contribution is -2.34. The number of halogens is 1. The fraction of sp³-hybridized carbons (Fsp3) is 0.278. The Morgan fingerprint density at radius 2 is 2.14 bits per heavy atom. The second kappa shape index (κ2) is 6.53. The lowest BCUT2D eigenvalue weighted by molar-refractivity contribution is 0.0939. The molecule has 0 radical (unpaired) electrons. The molecule has 1 aliphatic heterocycles. The maximum Gasteiger partial charge on any atom is 0.252 e. The van der Waals surface area contributed by atoms with Crippen LogP contribution in [0.1, 0.15) is 28.4 Å². The summed E-state index contributed by atoms with van der Waals surface area (Å²) in [6.45, 7) is 2.80. The molecular formula is C18H18BrNO2. The van der Waals surface area contributed by atoms with E-state index in [0.29, 0.717) is 5.56 Å². The van der Waals surface area contributed by atoms with Crippen LogP contribution in [0.25, 0.3) is 0 Å². The Morgan fingerprint density at radius 1 is 1.32 bits per heavy atom. The van der Waals surface area contributed by atoms with Crippen LogP contribution in [-0.2, 0) is 12.8 Å². The third kappa shape index (κ3) is 3.33. The second-order valence-electron chi connectivity index (χ2n) is 5.60. The van der Waals surface area contributed by atoms with Crippen molar-refractivity contribution in [3.63, 3.8) is 0 Å². The summed E-state index contributed by atoms with van der Waals surface area (Å²) in [5.41, 5.74) is 3.16. The molecule has 3 rings (SSSR count). The number of ether oxygens (including phenoxy) is 1. The average Bonchev–Trinajstić information content (AvgIpc) is 2.95. The molecule has 1 heterocycles. The first kappa shape index (κ1) is 15.1. The molecule has 0 saturated heterocycles. The van der Waals surface area contributed by atoms with Gasteiger partial charge in [0.15, 0.2) is 0 Å². The molecule has 4 heteroatoms. The Labute approximate surface area is 138 Å². The van der Waals surface area contributed by atoms with Gasteiger partial charge in [0, 0.05) is 16.9 Å². The Bertz CT molecular complexity index is 699. The molecule has 0 aliphatic carbocycles. The van der Waals surface area contributed by atoms with Crippen LogP contribution >= 0.6 is 15.9 Å². The van der Waals surface area contributed by atoms with Gasteiger partial charge in [-0.15, -0.1) is 0 Å². The predicted molar refractivity (Wildman–Crippen MR) is 90.4 cm³/mol. The highest BCUT2D eigenvalue weighted by atomic mass is 79.9. The monoisotopic (exact) mass is 359 g/mol. The van der Waals surface area contributed by atoms with Crippen LogP contribution in [-0.4, -0.2) is 18.6 Å². The zero-order valence-corrected chi connectivity index (χ0v) is 14.0. The molecule has 1 unspecified atom stereocenters. The van der Waals surface area contributed by atoms with Gasteiger partial charge in [0.2, 0.25) is 0 Å². The zero-order valence-electron chi connectivity index (χ0n) is 12.4. The molecule has 0 bridgehead atoms. The molecule has 0 fully saturated rings. The van der Waals surface area contributed by atoms with E-state index in [1.165, 1.54) is 11.1 Å². The number of hydrogen-bond acceptors (Lipinski definition) is 2. The molecule has 0 saturated carbocycles. The van der Waals surface area contributed by atoms with Gasteiger partial charge in [0.25, 0.3) is 5.91 Å². The molecule has 114 valence electrons. The summed E-state index contributed by atoms with van der Waals surface area (Å²) in [4.78, 5) is 12.3. The van der Waals surface area contributed by atoms with E-state index < -0.39 is 0 Å². The van der Waals surface area contributed by atoms with Crippen LogP contribution in [0, 0.1) is 0 Å². The normalized spacial score (nSPS) is 14.1. The number of hydrogen-bond donors (Lipinski definition) is 1. The summed E-state index contributed by atoms with van der Waals surface area (Å²) >= 11 is 3.41. The number of fused-ring (bicyclic) bond motifs is 1. The summed E-state index contributed by atoms with van der Waals surface area (Å²) in [5, 5.41) is 3.05. The van der Waals surface area contributed by atoms with Crippen LogP contribution in [0.3, 0.4) is 0 Å². The molecule has 1 amide bonds. The number of rotatable bonds is 4. The molecular weight excluding hydrogens is 342 g/mol. The number of carbonyl (C=O) groups is 1. The molecule has 3 nitrogen and oxygen atoms in total. The van der Waals surface area contributed by atoms with E-state index in [1.54, 1.807) is 0 Å². The van der Waals surface area contributed by atoms with Gasteiger partial charge in [0.05, 0.1) is 12.2 Å². The molecule has 1 atom stereocenters. The molecule has 2 aromatic rings. The summed E-state index contributed by atoms with van der Waals surface area (Å²) in [6.07, 6.45) is 1.78. The van der Waals surface area contributed by atoms with Crippen LogP contribution in [0.5, 0.6) is 5.75 Å². The van der Waals surface area contributed by atoms with E-state index in [1.807, 2.05) is 37.3 Å². The molecule has 0 spiro atoms. The first-order valence-electron chi connectivity index (χ1n) is 7.43. The van der Waals surface area contributed by atoms with E-state index in [2.05, 4.69) is 33.4 Å². The van der Waals surface area contributed by atoms with Gasteiger partial charge in [-0.3, -0.25) is 4.79 Å². The number of amides is 1. The fourth-order valence-corrected chi connectivity index (χ4v) is 3.18. The van der Waals surface area contributed by atoms with Crippen molar-refractivity contribution in [2.45, 2.75) is 25.8 Å². The molecule has 0 aromatic heterocycles. The van der Waals surface area contributed by atoms with Gasteiger partial charge in [-0.1, -0.05) is 24.3 Å².